The minimum absolute atomic E-state index is 0.143. The van der Waals surface area contributed by atoms with E-state index in [1.54, 1.807) is 0 Å². The van der Waals surface area contributed by atoms with E-state index < -0.39 is 8.07 Å². The van der Waals surface area contributed by atoms with Crippen LogP contribution in [0.1, 0.15) is 243 Å². The average Bonchev–Trinajstić information content (AvgIpc) is 1.62. The second-order valence-corrected chi connectivity index (χ2v) is 30.2. The van der Waals surface area contributed by atoms with Crippen LogP contribution in [0.3, 0.4) is 0 Å². The van der Waals surface area contributed by atoms with Gasteiger partial charge in [0, 0.05) is 54.5 Å². The lowest BCUT2D eigenvalue weighted by molar-refractivity contribution is -0.143. The number of rotatable bonds is 18. The van der Waals surface area contributed by atoms with Gasteiger partial charge in [-0.2, -0.15) is 0 Å². The van der Waals surface area contributed by atoms with Gasteiger partial charge < -0.3 is 33.6 Å². The van der Waals surface area contributed by atoms with E-state index in [1.165, 1.54) is 102 Å². The Morgan fingerprint density at radius 1 is 0.490 bits per heavy atom. The number of unbranched alkanes of at least 4 members (excludes halogenated alkanes) is 1. The third-order valence-electron chi connectivity index (χ3n) is 11.9. The zero-order chi connectivity index (χ0) is 77.3. The molecule has 1 N–H and O–H groups in total. The summed E-state index contributed by atoms with van der Waals surface area (Å²) in [5.41, 5.74) is 7.43. The molecule has 0 radical (unpaired) electrons. The maximum Gasteiger partial charge on any atom is 0.302 e. The first-order valence-electron chi connectivity index (χ1n) is 35.8. The Labute approximate surface area is 602 Å². The summed E-state index contributed by atoms with van der Waals surface area (Å²) < 4.78 is 23.7. The van der Waals surface area contributed by atoms with Crippen LogP contribution < -0.4 is 0 Å². The summed E-state index contributed by atoms with van der Waals surface area (Å²) in [6.45, 7) is 62.6. The van der Waals surface area contributed by atoms with Crippen molar-refractivity contribution in [1.29, 1.82) is 0 Å². The van der Waals surface area contributed by atoms with Crippen LogP contribution in [0.2, 0.25) is 25.7 Å². The van der Waals surface area contributed by atoms with E-state index in [0.29, 0.717) is 50.8 Å². The maximum atomic E-state index is 11.0. The average molecular weight is 1390 g/mol. The number of fused-ring (bicyclic) bond motifs is 3. The van der Waals surface area contributed by atoms with Gasteiger partial charge in [0.15, 0.2) is 0 Å². The predicted octanol–water partition coefficient (Wildman–Crippen LogP) is 22.9. The van der Waals surface area contributed by atoms with Crippen LogP contribution in [0.15, 0.2) is 159 Å². The van der Waals surface area contributed by atoms with Crippen molar-refractivity contribution in [2.75, 3.05) is 26.4 Å². The smallest absolute Gasteiger partial charge is 0.302 e. The van der Waals surface area contributed by atoms with Gasteiger partial charge in [0.2, 0.25) is 0 Å². The third kappa shape index (κ3) is 83.3. The largest absolute Gasteiger partial charge is 0.466 e. The second-order valence-electron chi connectivity index (χ2n) is 24.6. The number of aryl methyl sites for hydroxylation is 2. The highest BCUT2D eigenvalue weighted by atomic mass is 28.3. The quantitative estimate of drug-likeness (QED) is 0.0434. The molecule has 0 saturated carbocycles. The number of aliphatic hydroxyl groups excluding tert-OH is 1. The molecule has 2 aliphatic carbocycles. The molecule has 560 valence electrons. The van der Waals surface area contributed by atoms with Crippen molar-refractivity contribution >= 4 is 43.7 Å². The summed E-state index contributed by atoms with van der Waals surface area (Å²) in [5, 5.41) is 8.70. The zero-order valence-corrected chi connectivity index (χ0v) is 68.1. The maximum absolute atomic E-state index is 11.0. The highest BCUT2D eigenvalue weighted by molar-refractivity contribution is 6.76. The minimum atomic E-state index is -0.720. The van der Waals surface area contributed by atoms with Crippen LogP contribution >= 0.6 is 0 Å². The Bertz CT molecular complexity index is 2500. The van der Waals surface area contributed by atoms with Gasteiger partial charge in [-0.05, 0) is 96.6 Å². The van der Waals surface area contributed by atoms with E-state index in [9.17, 15) is 28.8 Å². The molecule has 98 heavy (non-hydrogen) atoms. The van der Waals surface area contributed by atoms with Crippen molar-refractivity contribution < 1.29 is 57.6 Å². The van der Waals surface area contributed by atoms with Gasteiger partial charge in [-0.25, -0.2) is 0 Å². The summed E-state index contributed by atoms with van der Waals surface area (Å²) in [5.74, 6) is 2.45. The van der Waals surface area contributed by atoms with Crippen LogP contribution in [0.5, 0.6) is 0 Å². The molecule has 0 heterocycles. The molecule has 0 amide bonds. The van der Waals surface area contributed by atoms with Gasteiger partial charge in [0.1, 0.15) is 19.0 Å². The van der Waals surface area contributed by atoms with E-state index >= 15 is 0 Å². The van der Waals surface area contributed by atoms with Crippen molar-refractivity contribution in [2.24, 2.45) is 23.7 Å². The lowest BCUT2D eigenvalue weighted by atomic mass is 9.84. The number of esters is 5. The highest BCUT2D eigenvalue weighted by Gasteiger charge is 2.38. The number of benzene rings is 4. The number of ether oxygens (including phenoxy) is 5. The SMILES string of the molecule is C=CCCC.C=CCOC(C)=O.CC.CC.CC(=O)OCC(C)C.CC(=O)OCC1c2ccccc2C2C=CC=CC21.CC(=O)OCc1ccccc1.CC(C)=O.CC(C)C[Si](C)(C)C.CCC.CCC(C)C.CCCOC(C)=O.CCc1ccc(CO)cc1.CCc1ccccc1. The molecule has 13 heteroatoms. The first kappa shape index (κ1) is 107. The summed E-state index contributed by atoms with van der Waals surface area (Å²) in [7, 11) is -0.720. The number of hydrogen-bond acceptors (Lipinski definition) is 12. The fourth-order valence-corrected chi connectivity index (χ4v) is 10.0. The molecule has 0 aromatic heterocycles. The summed E-state index contributed by atoms with van der Waals surface area (Å²) in [6.07, 6.45) is 20.2. The minimum Gasteiger partial charge on any atom is -0.466 e. The molecule has 0 saturated heterocycles. The molecule has 0 aliphatic heterocycles. The van der Waals surface area contributed by atoms with Gasteiger partial charge in [-0.15, -0.1) is 6.58 Å². The van der Waals surface area contributed by atoms with E-state index in [0.717, 1.165) is 48.6 Å². The van der Waals surface area contributed by atoms with Crippen molar-refractivity contribution in [3.63, 3.8) is 0 Å². The van der Waals surface area contributed by atoms with Crippen LogP contribution in [0.25, 0.3) is 0 Å². The van der Waals surface area contributed by atoms with Crippen LogP contribution in [-0.2, 0) is 78.5 Å². The lowest BCUT2D eigenvalue weighted by Crippen LogP contribution is -2.21. The summed E-state index contributed by atoms with van der Waals surface area (Å²) in [6, 6.07) is 38.0. The fraction of sp³-hybridized carbons (Fsp3) is 0.553. The fourth-order valence-electron chi connectivity index (χ4n) is 7.58. The lowest BCUT2D eigenvalue weighted by Gasteiger charge is -2.22. The van der Waals surface area contributed by atoms with E-state index in [4.69, 9.17) is 14.6 Å². The van der Waals surface area contributed by atoms with Crippen molar-refractivity contribution in [1.82, 2.24) is 0 Å². The normalized spacial score (nSPS) is 12.3. The standard InChI is InChI=1S/C16H16O2.C9H10O2.C9H12O.C8H10.C7H18Si.C6H12O2.C5H10O2.C5H8O2.C5H12.C5H10.C3H6O.C3H8.2C2H6/c1-11(17)18-10-16-14-8-4-2-6-12(14)13-7-3-5-9-15(13)16;1-8(10)11-7-9-5-3-2-4-6-9;1-2-8-3-5-9(7-10)6-4-8;1-2-8-6-4-3-5-7-8;1-7(2)6-8(3,4)5;1-5(2)4-8-6(3)7;2*1-3-4-7-5(2)6;1-4-5(2)3;1-3-5-4-2;1-3(2)4;1-3-2;2*1-2/h2-9,12,14,16H,10H2,1H3;2-6H,7H2,1H3;3-6,10H,2,7H2,1H3;3-7H,2H2,1H3;7H,6H2,1-5H3;5H,4H2,1-3H3;3-4H2,1-2H3;3H,1,4H2,2H3;5H,4H2,1-3H3;3H,1,4-5H2,2H3;1-2H3;3H2,1-2H3;2*1-2H3. The third-order valence-corrected chi connectivity index (χ3v) is 13.9. The molecule has 12 nitrogen and oxygen atoms in total. The molecule has 3 atom stereocenters. The molecule has 0 bridgehead atoms. The number of allylic oxidation sites excluding steroid dienone is 5. The van der Waals surface area contributed by atoms with E-state index in [1.807, 2.05) is 115 Å². The van der Waals surface area contributed by atoms with Gasteiger partial charge >= 0.3 is 29.8 Å². The Hall–Kier alpha value is -6.96. The molecule has 0 spiro atoms. The number of hydrogen-bond donors (Lipinski definition) is 1. The van der Waals surface area contributed by atoms with Crippen molar-refractivity contribution in [3.05, 3.63) is 192 Å². The first-order chi connectivity index (χ1) is 46.3. The van der Waals surface area contributed by atoms with Gasteiger partial charge in [0.05, 0.1) is 26.4 Å². The number of carbonyl (C=O) groups excluding carboxylic acids is 6. The second kappa shape index (κ2) is 77.4. The monoisotopic (exact) mass is 1390 g/mol. The molecular formula is C85H144O12Si. The molecule has 2 aliphatic rings. The van der Waals surface area contributed by atoms with Crippen molar-refractivity contribution in [3.8, 4) is 0 Å². The van der Waals surface area contributed by atoms with Crippen molar-refractivity contribution in [2.45, 2.75) is 262 Å². The Kier molecular flexibility index (Phi) is 84.5. The number of Topliss-reactive ketones (excluding diaryl/α,β-unsaturated/α-hetero) is 1. The topological polar surface area (TPSA) is 169 Å². The predicted molar refractivity (Wildman–Crippen MR) is 423 cm³/mol. The van der Waals surface area contributed by atoms with Crippen LogP contribution in [0, 0.1) is 23.7 Å². The molecule has 0 fully saturated rings. The Morgan fingerprint density at radius 2 is 0.888 bits per heavy atom. The van der Waals surface area contributed by atoms with E-state index in [2.05, 4.69) is 189 Å². The highest BCUT2D eigenvalue weighted by Crippen LogP contribution is 2.49. The number of aliphatic hydroxyl groups is 1. The summed E-state index contributed by atoms with van der Waals surface area (Å²) in [4.78, 5) is 60.9. The zero-order valence-electron chi connectivity index (χ0n) is 67.1. The number of ketones is 1. The molecule has 4 aromatic carbocycles. The van der Waals surface area contributed by atoms with E-state index in [-0.39, 0.29) is 48.2 Å². The molecule has 6 rings (SSSR count). The first-order valence-corrected chi connectivity index (χ1v) is 39.5. The van der Waals surface area contributed by atoms with Gasteiger partial charge in [-0.3, -0.25) is 24.0 Å². The molecule has 4 aromatic rings. The summed E-state index contributed by atoms with van der Waals surface area (Å²) >= 11 is 0. The van der Waals surface area contributed by atoms with Crippen LogP contribution in [-0.4, -0.2) is 75.2 Å². The Balaban J connectivity index is -0.000000154. The number of carbonyl (C=O) groups is 6. The molecule has 3 unspecified atom stereocenters. The molecular weight excluding hydrogens is 1240 g/mol. The Morgan fingerprint density at radius 3 is 1.17 bits per heavy atom. The van der Waals surface area contributed by atoms with Crippen LogP contribution in [0.4, 0.5) is 0 Å². The van der Waals surface area contributed by atoms with Gasteiger partial charge in [0.25, 0.3) is 0 Å². The van der Waals surface area contributed by atoms with Gasteiger partial charge in [-0.1, -0.05) is 315 Å².